The summed E-state index contributed by atoms with van der Waals surface area (Å²) in [6.07, 6.45) is 0. The van der Waals surface area contributed by atoms with Crippen LogP contribution in [0.1, 0.15) is 0 Å². The van der Waals surface area contributed by atoms with Crippen molar-refractivity contribution in [2.24, 2.45) is 0 Å². The van der Waals surface area contributed by atoms with E-state index in [4.69, 9.17) is 14.4 Å². The third kappa shape index (κ3) is 51.5. The third-order valence-electron chi connectivity index (χ3n) is 0. The largest absolute Gasteiger partial charge is 0.326 e. The molecule has 0 unspecified atom stereocenters. The van der Waals surface area contributed by atoms with Gasteiger partial charge in [0, 0.05) is 22.4 Å². The first kappa shape index (κ1) is 9.31. The third-order valence-corrected chi connectivity index (χ3v) is 0. The van der Waals surface area contributed by atoms with Crippen molar-refractivity contribution in [3.05, 3.63) is 0 Å². The molecule has 5 heteroatoms. The molecule has 5 heavy (non-hydrogen) atoms. The number of rotatable bonds is 0. The summed E-state index contributed by atoms with van der Waals surface area (Å²) < 4.78 is 8.74. The van der Waals surface area contributed by atoms with Gasteiger partial charge in [-0.3, -0.25) is 4.57 Å². The summed E-state index contributed by atoms with van der Waals surface area (Å²) in [7, 11) is -3.13. The molecule has 0 atom stereocenters. The topological polar surface area (TPSA) is 57.5 Å². The fourth-order valence-electron chi connectivity index (χ4n) is 0. The molecule has 0 amide bonds. The van der Waals surface area contributed by atoms with Crippen molar-refractivity contribution in [3.63, 3.8) is 0 Å². The zero-order chi connectivity index (χ0) is 3.58. The van der Waals surface area contributed by atoms with Gasteiger partial charge in [0.15, 0.2) is 0 Å². The van der Waals surface area contributed by atoms with Crippen LogP contribution in [0.25, 0.3) is 0 Å². The molecule has 0 spiro atoms. The molecule has 0 aliphatic rings. The van der Waals surface area contributed by atoms with E-state index in [9.17, 15) is 0 Å². The van der Waals surface area contributed by atoms with Gasteiger partial charge in [0.1, 0.15) is 0 Å². The Morgan fingerprint density at radius 3 is 1.40 bits per heavy atom. The summed E-state index contributed by atoms with van der Waals surface area (Å²) in [5.41, 5.74) is 0. The predicted molar refractivity (Wildman–Crippen MR) is 13.4 cm³/mol. The van der Waals surface area contributed by atoms with Gasteiger partial charge < -0.3 is 9.79 Å². The quantitative estimate of drug-likeness (QED) is 0.458. The standard InChI is InChI=1S/Au.H3O3P/c;1-4(2)3/h;4H,(H2,1,2,3). The Morgan fingerprint density at radius 1 is 1.40 bits per heavy atom. The van der Waals surface area contributed by atoms with Gasteiger partial charge >= 0.3 is 8.25 Å². The average Bonchev–Trinajstić information content (AvgIpc) is 0.811. The summed E-state index contributed by atoms with van der Waals surface area (Å²) in [4.78, 5) is 14.3. The minimum absolute atomic E-state index is 0. The van der Waals surface area contributed by atoms with Crippen LogP contribution in [0.2, 0.25) is 0 Å². The Balaban J connectivity index is 0. The second-order valence-electron chi connectivity index (χ2n) is 0.283. The van der Waals surface area contributed by atoms with E-state index in [1.807, 2.05) is 0 Å². The van der Waals surface area contributed by atoms with Crippen molar-refractivity contribution in [2.75, 3.05) is 0 Å². The molecule has 0 saturated carbocycles. The monoisotopic (exact) mass is 279 g/mol. The Morgan fingerprint density at radius 2 is 1.40 bits per heavy atom. The van der Waals surface area contributed by atoms with E-state index < -0.39 is 8.25 Å². The average molecular weight is 279 g/mol. The molecule has 0 aromatic heterocycles. The summed E-state index contributed by atoms with van der Waals surface area (Å²) >= 11 is 0. The van der Waals surface area contributed by atoms with Gasteiger partial charge in [-0.25, -0.2) is 0 Å². The van der Waals surface area contributed by atoms with E-state index in [1.54, 1.807) is 0 Å². The van der Waals surface area contributed by atoms with Gasteiger partial charge in [-0.2, -0.15) is 0 Å². The van der Waals surface area contributed by atoms with Crippen molar-refractivity contribution in [3.8, 4) is 0 Å². The van der Waals surface area contributed by atoms with Crippen molar-refractivity contribution in [1.29, 1.82) is 0 Å². The molecule has 37 valence electrons. The van der Waals surface area contributed by atoms with Crippen molar-refractivity contribution >= 4 is 8.25 Å². The molecule has 0 aromatic carbocycles. The molecule has 3 nitrogen and oxygen atoms in total. The predicted octanol–water partition coefficient (Wildman–Crippen LogP) is -0.642. The van der Waals surface area contributed by atoms with Crippen LogP contribution in [0.4, 0.5) is 0 Å². The molecule has 0 aliphatic carbocycles. The van der Waals surface area contributed by atoms with E-state index in [2.05, 4.69) is 0 Å². The first-order valence-electron chi connectivity index (χ1n) is 0.651. The molecule has 2 N–H and O–H groups in total. The van der Waals surface area contributed by atoms with Crippen molar-refractivity contribution in [1.82, 2.24) is 0 Å². The Hall–Kier alpha value is 0.890. The molecule has 0 bridgehead atoms. The molecular formula is H3AuO3P. The Bertz CT molecular complexity index is 29.9. The minimum atomic E-state index is -3.13. The Labute approximate surface area is 45.5 Å². The molecule has 0 fully saturated rings. The number of hydrogen-bond donors (Lipinski definition) is 2. The van der Waals surface area contributed by atoms with Gasteiger partial charge in [-0.15, -0.1) is 0 Å². The van der Waals surface area contributed by atoms with Crippen LogP contribution in [0, 0.1) is 0 Å². The maximum absolute atomic E-state index is 8.74. The van der Waals surface area contributed by atoms with E-state index in [-0.39, 0.29) is 22.4 Å². The van der Waals surface area contributed by atoms with E-state index in [0.29, 0.717) is 0 Å². The summed E-state index contributed by atoms with van der Waals surface area (Å²) in [6.45, 7) is 0. The normalized spacial score (nSPS) is 7.00. The van der Waals surface area contributed by atoms with Gasteiger partial charge in [0.2, 0.25) is 0 Å². The van der Waals surface area contributed by atoms with E-state index >= 15 is 0 Å². The fraction of sp³-hybridized carbons (Fsp3) is 0. The van der Waals surface area contributed by atoms with E-state index in [1.165, 1.54) is 0 Å². The second kappa shape index (κ2) is 4.89. The molecule has 1 radical (unpaired) electrons. The summed E-state index contributed by atoms with van der Waals surface area (Å²) in [5, 5.41) is 0. The van der Waals surface area contributed by atoms with Crippen LogP contribution in [0.15, 0.2) is 0 Å². The summed E-state index contributed by atoms with van der Waals surface area (Å²) in [5.74, 6) is 0. The van der Waals surface area contributed by atoms with Gasteiger partial charge in [0.05, 0.1) is 0 Å². The van der Waals surface area contributed by atoms with Gasteiger partial charge in [0.25, 0.3) is 0 Å². The van der Waals surface area contributed by atoms with E-state index in [0.717, 1.165) is 0 Å². The SMILES string of the molecule is O=[PH](O)O.[Au]. The van der Waals surface area contributed by atoms with Crippen LogP contribution in [-0.4, -0.2) is 9.79 Å². The molecule has 0 heterocycles. The van der Waals surface area contributed by atoms with Gasteiger partial charge in [-0.1, -0.05) is 0 Å². The van der Waals surface area contributed by atoms with Gasteiger partial charge in [-0.05, 0) is 0 Å². The first-order chi connectivity index (χ1) is 1.73. The van der Waals surface area contributed by atoms with Crippen LogP contribution >= 0.6 is 8.25 Å². The molecule has 0 aromatic rings. The maximum Gasteiger partial charge on any atom is 0.314 e. The molecular weight excluding hydrogens is 276 g/mol. The maximum atomic E-state index is 8.74. The zero-order valence-electron chi connectivity index (χ0n) is 2.10. The Kier molecular flexibility index (Phi) is 9.10. The second-order valence-corrected chi connectivity index (χ2v) is 0.848. The van der Waals surface area contributed by atoms with Crippen LogP contribution in [0.3, 0.4) is 0 Å². The smallest absolute Gasteiger partial charge is 0.314 e. The zero-order valence-corrected chi connectivity index (χ0v) is 5.27. The minimum Gasteiger partial charge on any atom is -0.326 e. The van der Waals surface area contributed by atoms with Crippen LogP contribution in [0.5, 0.6) is 0 Å². The van der Waals surface area contributed by atoms with Crippen molar-refractivity contribution < 1.29 is 36.7 Å². The fourth-order valence-corrected chi connectivity index (χ4v) is 0. The van der Waals surface area contributed by atoms with Crippen LogP contribution in [-0.2, 0) is 26.9 Å². The molecule has 0 aliphatic heterocycles. The summed E-state index contributed by atoms with van der Waals surface area (Å²) in [6, 6.07) is 0. The molecule has 0 saturated heterocycles. The first-order valence-corrected chi connectivity index (χ1v) is 1.95. The molecule has 0 rings (SSSR count). The van der Waals surface area contributed by atoms with Crippen molar-refractivity contribution in [2.45, 2.75) is 0 Å². The van der Waals surface area contributed by atoms with Crippen LogP contribution < -0.4 is 0 Å². The number of hydrogen-bond acceptors (Lipinski definition) is 1.